The molecule has 7 heteroatoms. The van der Waals surface area contributed by atoms with Crippen molar-refractivity contribution in [3.8, 4) is 5.75 Å². The van der Waals surface area contributed by atoms with Crippen LogP contribution in [0.25, 0.3) is 11.0 Å². The van der Waals surface area contributed by atoms with Gasteiger partial charge in [0.2, 0.25) is 5.28 Å². The molecule has 0 saturated heterocycles. The number of aromatic amines is 1. The zero-order valence-corrected chi connectivity index (χ0v) is 10.4. The zero-order chi connectivity index (χ0) is 11.2. The first-order valence-corrected chi connectivity index (χ1v) is 5.33. The number of ether oxygens (including phenoxy) is 1. The van der Waals surface area contributed by atoms with Crippen molar-refractivity contribution in [1.82, 2.24) is 9.97 Å². The fraction of sp³-hybridized carbons (Fsp3) is 0.125. The van der Waals surface area contributed by atoms with Gasteiger partial charge in [-0.15, -0.1) is 0 Å². The molecule has 15 heavy (non-hydrogen) atoms. The van der Waals surface area contributed by atoms with E-state index in [1.807, 2.05) is 0 Å². The molecule has 0 radical (unpaired) electrons. The normalized spacial score (nSPS) is 11.0. The second kappa shape index (κ2) is 3.91. The van der Waals surface area contributed by atoms with Crippen LogP contribution in [0.3, 0.4) is 0 Å². The van der Waals surface area contributed by atoms with Crippen LogP contribution >= 0.6 is 46.4 Å². The second-order valence-electron chi connectivity index (χ2n) is 2.73. The van der Waals surface area contributed by atoms with Crippen LogP contribution in [0.5, 0.6) is 5.75 Å². The van der Waals surface area contributed by atoms with Gasteiger partial charge in [-0.05, 0) is 11.6 Å². The first-order valence-electron chi connectivity index (χ1n) is 3.82. The minimum absolute atomic E-state index is 0.193. The standard InChI is InChI=1S/C8H4Cl4N2O/c1-15-7-3(10)2(9)5-6(4(7)11)14-8(12)13-5/h1H3,(H,13,14). The molecule has 0 bridgehead atoms. The summed E-state index contributed by atoms with van der Waals surface area (Å²) in [6.45, 7) is 0. The highest BCUT2D eigenvalue weighted by atomic mass is 35.5. The van der Waals surface area contributed by atoms with Crippen molar-refractivity contribution >= 4 is 57.4 Å². The molecule has 0 spiro atoms. The summed E-state index contributed by atoms with van der Waals surface area (Å²) >= 11 is 23.7. The molecular formula is C8H4Cl4N2O. The fourth-order valence-corrected chi connectivity index (χ4v) is 2.28. The maximum atomic E-state index is 6.02. The summed E-state index contributed by atoms with van der Waals surface area (Å²) in [6.07, 6.45) is 0. The number of halogens is 4. The lowest BCUT2D eigenvalue weighted by molar-refractivity contribution is 0.416. The molecule has 1 heterocycles. The first kappa shape index (κ1) is 11.1. The smallest absolute Gasteiger partial charge is 0.201 e. The molecule has 2 rings (SSSR count). The molecule has 3 nitrogen and oxygen atoms in total. The minimum Gasteiger partial charge on any atom is -0.493 e. The number of imidazole rings is 1. The van der Waals surface area contributed by atoms with Crippen molar-refractivity contribution < 1.29 is 4.74 Å². The third kappa shape index (κ3) is 1.64. The minimum atomic E-state index is 0.193. The molecule has 1 aromatic carbocycles. The van der Waals surface area contributed by atoms with Crippen molar-refractivity contribution in [2.45, 2.75) is 0 Å². The lowest BCUT2D eigenvalue weighted by atomic mass is 10.3. The lowest BCUT2D eigenvalue weighted by Gasteiger charge is -2.07. The summed E-state index contributed by atoms with van der Waals surface area (Å²) in [5.41, 5.74) is 0.936. The summed E-state index contributed by atoms with van der Waals surface area (Å²) in [5.74, 6) is 0.291. The Balaban J connectivity index is 2.94. The molecule has 80 valence electrons. The van der Waals surface area contributed by atoms with Crippen LogP contribution in [0.15, 0.2) is 0 Å². The maximum absolute atomic E-state index is 6.02. The summed E-state index contributed by atoms with van der Waals surface area (Å²) in [7, 11) is 1.45. The highest BCUT2D eigenvalue weighted by molar-refractivity contribution is 6.49. The van der Waals surface area contributed by atoms with Gasteiger partial charge in [0.1, 0.15) is 15.6 Å². The Bertz CT molecular complexity index is 537. The molecule has 0 unspecified atom stereocenters. The van der Waals surface area contributed by atoms with Gasteiger partial charge in [0.05, 0.1) is 17.6 Å². The zero-order valence-electron chi connectivity index (χ0n) is 7.37. The number of nitrogens with one attached hydrogen (secondary N) is 1. The molecule has 0 aliphatic rings. The first-order chi connectivity index (χ1) is 7.06. The summed E-state index contributed by atoms with van der Waals surface area (Å²) in [4.78, 5) is 6.74. The molecule has 0 atom stereocenters. The molecule has 0 amide bonds. The SMILES string of the molecule is COc1c(Cl)c(Cl)c2[nH]c(Cl)nc2c1Cl. The predicted octanol–water partition coefficient (Wildman–Crippen LogP) is 4.19. The van der Waals surface area contributed by atoms with E-state index in [0.29, 0.717) is 16.8 Å². The van der Waals surface area contributed by atoms with Crippen molar-refractivity contribution in [2.75, 3.05) is 7.11 Å². The Kier molecular flexibility index (Phi) is 2.90. The van der Waals surface area contributed by atoms with E-state index in [0.717, 1.165) is 0 Å². The third-order valence-corrected chi connectivity index (χ3v) is 3.26. The van der Waals surface area contributed by atoms with E-state index >= 15 is 0 Å². The Morgan fingerprint density at radius 1 is 1.07 bits per heavy atom. The molecule has 0 aliphatic carbocycles. The van der Waals surface area contributed by atoms with E-state index in [9.17, 15) is 0 Å². The van der Waals surface area contributed by atoms with Gasteiger partial charge in [-0.25, -0.2) is 4.98 Å². The third-order valence-electron chi connectivity index (χ3n) is 1.90. The van der Waals surface area contributed by atoms with E-state index in [-0.39, 0.29) is 20.4 Å². The number of aromatic nitrogens is 2. The number of H-pyrrole nitrogens is 1. The van der Waals surface area contributed by atoms with Crippen LogP contribution in [-0.4, -0.2) is 17.1 Å². The highest BCUT2D eigenvalue weighted by Gasteiger charge is 2.19. The van der Waals surface area contributed by atoms with Crippen LogP contribution in [0.2, 0.25) is 20.4 Å². The average molecular weight is 286 g/mol. The summed E-state index contributed by atoms with van der Waals surface area (Å²) in [5, 5.41) is 0.993. The quantitative estimate of drug-likeness (QED) is 0.798. The monoisotopic (exact) mass is 284 g/mol. The van der Waals surface area contributed by atoms with E-state index in [1.54, 1.807) is 0 Å². The average Bonchev–Trinajstić information content (AvgIpc) is 2.58. The lowest BCUT2D eigenvalue weighted by Crippen LogP contribution is -1.88. The van der Waals surface area contributed by atoms with E-state index in [2.05, 4.69) is 9.97 Å². The number of fused-ring (bicyclic) bond motifs is 1. The van der Waals surface area contributed by atoms with Gasteiger partial charge in [-0.3, -0.25) is 0 Å². The van der Waals surface area contributed by atoms with Crippen LogP contribution in [0.4, 0.5) is 0 Å². The molecule has 0 aliphatic heterocycles. The molecule has 1 N–H and O–H groups in total. The Morgan fingerprint density at radius 2 is 1.73 bits per heavy atom. The predicted molar refractivity (Wildman–Crippen MR) is 62.7 cm³/mol. The van der Waals surface area contributed by atoms with Gasteiger partial charge in [0, 0.05) is 0 Å². The highest BCUT2D eigenvalue weighted by Crippen LogP contribution is 2.44. The largest absolute Gasteiger partial charge is 0.493 e. The fourth-order valence-electron chi connectivity index (χ4n) is 1.25. The van der Waals surface area contributed by atoms with Crippen molar-refractivity contribution in [3.63, 3.8) is 0 Å². The number of hydrogen-bond donors (Lipinski definition) is 1. The number of methoxy groups -OCH3 is 1. The van der Waals surface area contributed by atoms with E-state index in [4.69, 9.17) is 51.1 Å². The van der Waals surface area contributed by atoms with Crippen molar-refractivity contribution in [3.05, 3.63) is 20.4 Å². The number of benzene rings is 1. The van der Waals surface area contributed by atoms with Crippen LogP contribution in [-0.2, 0) is 0 Å². The van der Waals surface area contributed by atoms with Crippen LogP contribution in [0, 0.1) is 0 Å². The number of hydrogen-bond acceptors (Lipinski definition) is 2. The van der Waals surface area contributed by atoms with Gasteiger partial charge in [0.25, 0.3) is 0 Å². The van der Waals surface area contributed by atoms with E-state index in [1.165, 1.54) is 7.11 Å². The molecule has 2 aromatic rings. The second-order valence-corrected chi connectivity index (χ2v) is 4.22. The van der Waals surface area contributed by atoms with Gasteiger partial charge in [0.15, 0.2) is 5.75 Å². The van der Waals surface area contributed by atoms with E-state index < -0.39 is 0 Å². The Hall–Kier alpha value is -0.350. The molecule has 0 fully saturated rings. The molecule has 1 aromatic heterocycles. The number of nitrogens with zero attached hydrogens (tertiary/aromatic N) is 1. The molecular weight excluding hydrogens is 282 g/mol. The number of rotatable bonds is 1. The van der Waals surface area contributed by atoms with Crippen molar-refractivity contribution in [2.24, 2.45) is 0 Å². The van der Waals surface area contributed by atoms with Gasteiger partial charge in [-0.2, -0.15) is 0 Å². The topological polar surface area (TPSA) is 37.9 Å². The summed E-state index contributed by atoms with van der Waals surface area (Å²) in [6, 6.07) is 0. The van der Waals surface area contributed by atoms with Crippen LogP contribution in [0.1, 0.15) is 0 Å². The molecule has 0 saturated carbocycles. The maximum Gasteiger partial charge on any atom is 0.201 e. The van der Waals surface area contributed by atoms with Crippen molar-refractivity contribution in [1.29, 1.82) is 0 Å². The van der Waals surface area contributed by atoms with Crippen LogP contribution < -0.4 is 4.74 Å². The van der Waals surface area contributed by atoms with Gasteiger partial charge < -0.3 is 9.72 Å². The van der Waals surface area contributed by atoms with Gasteiger partial charge >= 0.3 is 0 Å². The Morgan fingerprint density at radius 3 is 2.33 bits per heavy atom. The Labute approximate surface area is 105 Å². The van der Waals surface area contributed by atoms with Gasteiger partial charge in [-0.1, -0.05) is 34.8 Å². The summed E-state index contributed by atoms with van der Waals surface area (Å²) < 4.78 is 5.03.